The number of nitrogens with zero attached hydrogens (tertiary/aromatic N) is 1. The summed E-state index contributed by atoms with van der Waals surface area (Å²) in [5.41, 5.74) is -1.67. The quantitative estimate of drug-likeness (QED) is 0.771. The van der Waals surface area contributed by atoms with Crippen molar-refractivity contribution in [2.45, 2.75) is 38.9 Å². The van der Waals surface area contributed by atoms with Gasteiger partial charge in [-0.05, 0) is 39.8 Å². The van der Waals surface area contributed by atoms with Crippen LogP contribution in [0.15, 0.2) is 24.3 Å². The maximum Gasteiger partial charge on any atom is 0.415 e. The van der Waals surface area contributed by atoms with E-state index in [1.54, 1.807) is 45.0 Å². The number of rotatable bonds is 2. The molecule has 2 rings (SSSR count). The molecule has 1 atom stereocenters. The van der Waals surface area contributed by atoms with Crippen LogP contribution < -0.4 is 9.64 Å². The van der Waals surface area contributed by atoms with Gasteiger partial charge < -0.3 is 9.47 Å². The Morgan fingerprint density at radius 3 is 2.57 bits per heavy atom. The summed E-state index contributed by atoms with van der Waals surface area (Å²) in [5.74, 6) is -0.552. The van der Waals surface area contributed by atoms with E-state index in [2.05, 4.69) is 0 Å². The Balaban J connectivity index is 2.39. The van der Waals surface area contributed by atoms with Crippen molar-refractivity contribution in [3.05, 3.63) is 24.3 Å². The van der Waals surface area contributed by atoms with Crippen molar-refractivity contribution in [3.8, 4) is 5.75 Å². The minimum Gasteiger partial charge on any atom is -0.482 e. The van der Waals surface area contributed by atoms with Gasteiger partial charge >= 0.3 is 16.3 Å². The first-order chi connectivity index (χ1) is 10.4. The number of ether oxygens (including phenoxy) is 2. The first kappa shape index (κ1) is 17.5. The maximum absolute atomic E-state index is 13.2. The minimum absolute atomic E-state index is 0.137. The van der Waals surface area contributed by atoms with E-state index in [9.17, 15) is 17.1 Å². The molecule has 1 aromatic carbocycles. The van der Waals surface area contributed by atoms with Gasteiger partial charge in [0.15, 0.2) is 0 Å². The summed E-state index contributed by atoms with van der Waals surface area (Å²) >= 11 is 0. The lowest BCUT2D eigenvalue weighted by Crippen LogP contribution is -2.55. The Bertz CT molecular complexity index is 713. The van der Waals surface area contributed by atoms with Crippen molar-refractivity contribution in [2.24, 2.45) is 0 Å². The molecule has 0 saturated carbocycles. The van der Waals surface area contributed by atoms with E-state index < -0.39 is 33.3 Å². The summed E-state index contributed by atoms with van der Waals surface area (Å²) in [7, 11) is -4.77. The molecule has 0 bridgehead atoms. The van der Waals surface area contributed by atoms with Crippen LogP contribution >= 0.6 is 0 Å². The Morgan fingerprint density at radius 1 is 1.39 bits per heavy atom. The van der Waals surface area contributed by atoms with Gasteiger partial charge in [-0.25, -0.2) is 4.79 Å². The average molecular weight is 345 g/mol. The van der Waals surface area contributed by atoms with Crippen LogP contribution in [0, 0.1) is 0 Å². The van der Waals surface area contributed by atoms with Crippen LogP contribution in [0.4, 0.5) is 14.4 Å². The highest BCUT2D eigenvalue weighted by Crippen LogP contribution is 2.38. The van der Waals surface area contributed by atoms with Crippen LogP contribution in [0.3, 0.4) is 0 Å². The first-order valence-electron chi connectivity index (χ1n) is 7.09. The SMILES string of the molecule is CC(C)(C)OC(=O)N1CC(C)(CS(=O)(=O)F)Oc2ccccc21. The van der Waals surface area contributed by atoms with Crippen molar-refractivity contribution in [1.29, 1.82) is 0 Å². The van der Waals surface area contributed by atoms with Crippen molar-refractivity contribution >= 4 is 22.0 Å². The normalized spacial score (nSPS) is 21.3. The molecule has 0 N–H and O–H groups in total. The van der Waals surface area contributed by atoms with E-state index in [4.69, 9.17) is 9.47 Å². The van der Waals surface area contributed by atoms with E-state index >= 15 is 0 Å². The Kier molecular flexibility index (Phi) is 4.32. The lowest BCUT2D eigenvalue weighted by molar-refractivity contribution is 0.0487. The predicted octanol–water partition coefficient (Wildman–Crippen LogP) is 2.88. The third-order valence-electron chi connectivity index (χ3n) is 3.10. The number of para-hydroxylation sites is 2. The highest BCUT2D eigenvalue weighted by atomic mass is 32.3. The summed E-state index contributed by atoms with van der Waals surface area (Å²) in [6.07, 6.45) is -0.643. The molecule has 1 aromatic rings. The zero-order valence-electron chi connectivity index (χ0n) is 13.5. The maximum atomic E-state index is 13.2. The smallest absolute Gasteiger partial charge is 0.415 e. The van der Waals surface area contributed by atoms with E-state index in [0.717, 1.165) is 0 Å². The van der Waals surface area contributed by atoms with E-state index in [0.29, 0.717) is 11.4 Å². The number of halogens is 1. The molecule has 1 amide bonds. The molecule has 0 aromatic heterocycles. The van der Waals surface area contributed by atoms with Crippen LogP contribution in [0.1, 0.15) is 27.7 Å². The van der Waals surface area contributed by atoms with Gasteiger partial charge in [0.1, 0.15) is 22.7 Å². The number of hydrogen-bond donors (Lipinski definition) is 0. The Labute approximate surface area is 135 Å². The molecule has 1 heterocycles. The van der Waals surface area contributed by atoms with Gasteiger partial charge in [-0.1, -0.05) is 12.1 Å². The van der Waals surface area contributed by atoms with Crippen molar-refractivity contribution in [3.63, 3.8) is 0 Å². The number of fused-ring (bicyclic) bond motifs is 1. The lowest BCUT2D eigenvalue weighted by atomic mass is 10.1. The highest BCUT2D eigenvalue weighted by Gasteiger charge is 2.42. The summed E-state index contributed by atoms with van der Waals surface area (Å²) < 4.78 is 46.2. The molecular weight excluding hydrogens is 325 g/mol. The van der Waals surface area contributed by atoms with Crippen LogP contribution in [0.2, 0.25) is 0 Å². The van der Waals surface area contributed by atoms with E-state index in [-0.39, 0.29) is 6.54 Å². The third kappa shape index (κ3) is 4.57. The van der Waals surface area contributed by atoms with Crippen LogP contribution in [0.5, 0.6) is 5.75 Å². The fourth-order valence-electron chi connectivity index (χ4n) is 2.40. The average Bonchev–Trinajstić information content (AvgIpc) is 2.32. The molecule has 6 nitrogen and oxygen atoms in total. The summed E-state index contributed by atoms with van der Waals surface area (Å²) in [5, 5.41) is 0. The molecular formula is C15H20FNO5S. The first-order valence-corrected chi connectivity index (χ1v) is 8.65. The number of carbonyl (C=O) groups is 1. The van der Waals surface area contributed by atoms with Gasteiger partial charge in [-0.3, -0.25) is 4.90 Å². The molecule has 0 saturated heterocycles. The lowest BCUT2D eigenvalue weighted by Gasteiger charge is -2.41. The zero-order valence-corrected chi connectivity index (χ0v) is 14.3. The van der Waals surface area contributed by atoms with Gasteiger partial charge in [0.05, 0.1) is 12.2 Å². The standard InChI is InChI=1S/C15H20FNO5S/c1-14(2,3)22-13(18)17-9-15(4,10-23(16,19)20)21-12-8-6-5-7-11(12)17/h5-8H,9-10H2,1-4H3. The van der Waals surface area contributed by atoms with Crippen molar-refractivity contribution in [2.75, 3.05) is 17.2 Å². The summed E-state index contributed by atoms with van der Waals surface area (Å²) in [6.45, 7) is 6.48. The van der Waals surface area contributed by atoms with E-state index in [1.807, 2.05) is 0 Å². The molecule has 1 aliphatic heterocycles. The molecule has 8 heteroatoms. The van der Waals surface area contributed by atoms with Gasteiger partial charge in [-0.15, -0.1) is 3.89 Å². The van der Waals surface area contributed by atoms with Gasteiger partial charge in [-0.2, -0.15) is 8.42 Å². The second-order valence-electron chi connectivity index (χ2n) is 6.77. The van der Waals surface area contributed by atoms with E-state index in [1.165, 1.54) is 11.8 Å². The fraction of sp³-hybridized carbons (Fsp3) is 0.533. The number of benzene rings is 1. The van der Waals surface area contributed by atoms with Gasteiger partial charge in [0.2, 0.25) is 0 Å². The Morgan fingerprint density at radius 2 is 2.00 bits per heavy atom. The number of anilines is 1. The van der Waals surface area contributed by atoms with Crippen LogP contribution in [-0.4, -0.2) is 38.0 Å². The largest absolute Gasteiger partial charge is 0.482 e. The van der Waals surface area contributed by atoms with Gasteiger partial charge in [0, 0.05) is 0 Å². The molecule has 128 valence electrons. The van der Waals surface area contributed by atoms with Crippen molar-refractivity contribution < 1.29 is 26.6 Å². The second kappa shape index (κ2) is 5.67. The summed E-state index contributed by atoms with van der Waals surface area (Å²) in [6, 6.07) is 6.65. The predicted molar refractivity (Wildman–Crippen MR) is 83.9 cm³/mol. The zero-order chi connectivity index (χ0) is 17.5. The molecule has 1 unspecified atom stereocenters. The summed E-state index contributed by atoms with van der Waals surface area (Å²) in [4.78, 5) is 13.7. The topological polar surface area (TPSA) is 72.9 Å². The number of carbonyl (C=O) groups excluding carboxylic acids is 1. The van der Waals surface area contributed by atoms with Gasteiger partial charge in [0.25, 0.3) is 0 Å². The Hall–Kier alpha value is -1.83. The monoisotopic (exact) mass is 345 g/mol. The number of amides is 1. The molecule has 0 radical (unpaired) electrons. The molecule has 1 aliphatic rings. The van der Waals surface area contributed by atoms with Crippen LogP contribution in [0.25, 0.3) is 0 Å². The third-order valence-corrected chi connectivity index (χ3v) is 4.05. The minimum atomic E-state index is -4.77. The van der Waals surface area contributed by atoms with Crippen LogP contribution in [-0.2, 0) is 15.0 Å². The molecule has 0 fully saturated rings. The number of hydrogen-bond acceptors (Lipinski definition) is 5. The molecule has 0 aliphatic carbocycles. The highest BCUT2D eigenvalue weighted by molar-refractivity contribution is 7.86. The van der Waals surface area contributed by atoms with Crippen molar-refractivity contribution in [1.82, 2.24) is 0 Å². The fourth-order valence-corrected chi connectivity index (χ4v) is 3.28. The second-order valence-corrected chi connectivity index (χ2v) is 8.14. The molecule has 23 heavy (non-hydrogen) atoms. The molecule has 0 spiro atoms.